The average Bonchev–Trinajstić information content (AvgIpc) is 3.65. The Morgan fingerprint density at radius 2 is 1.75 bits per heavy atom. The predicted molar refractivity (Wildman–Crippen MR) is 152 cm³/mol. The van der Waals surface area contributed by atoms with Crippen LogP contribution in [0.5, 0.6) is 0 Å². The molecule has 0 unspecified atom stereocenters. The molecule has 1 aromatic rings. The number of benzene rings is 1. The van der Waals surface area contributed by atoms with Gasteiger partial charge in [-0.3, -0.25) is 14.4 Å². The molecule has 11 heteroatoms. The molecule has 220 valence electrons. The molecule has 1 saturated carbocycles. The third-order valence-corrected chi connectivity index (χ3v) is 10.9. The average molecular weight is 574 g/mol. The van der Waals surface area contributed by atoms with Crippen molar-refractivity contribution < 1.29 is 22.8 Å². The van der Waals surface area contributed by atoms with Crippen molar-refractivity contribution in [1.82, 2.24) is 25.2 Å². The van der Waals surface area contributed by atoms with E-state index in [0.29, 0.717) is 13.0 Å². The third-order valence-electron chi connectivity index (χ3n) is 9.59. The molecule has 4 aliphatic rings. The lowest BCUT2D eigenvalue weighted by molar-refractivity contribution is -0.141. The first-order valence-electron chi connectivity index (χ1n) is 14.7. The summed E-state index contributed by atoms with van der Waals surface area (Å²) < 4.78 is 27.0. The fourth-order valence-electron chi connectivity index (χ4n) is 7.33. The van der Waals surface area contributed by atoms with Gasteiger partial charge in [-0.25, -0.2) is 8.42 Å². The highest BCUT2D eigenvalue weighted by Gasteiger charge is 2.56. The number of fused-ring (bicyclic) bond motifs is 2. The Morgan fingerprint density at radius 1 is 1.02 bits per heavy atom. The van der Waals surface area contributed by atoms with Crippen molar-refractivity contribution in [3.05, 3.63) is 35.4 Å². The second-order valence-corrected chi connectivity index (χ2v) is 13.9. The molecular formula is C29H43N5O5S. The lowest BCUT2D eigenvalue weighted by Crippen LogP contribution is -2.58. The Kier molecular flexibility index (Phi) is 8.54. The standard InChI is InChI=1S/C29H43N5O5S/c1-18(30-2)27(35)32-25(20-10-5-4-6-11-20)29(37)33-16-15-24-26(33)22(17-34(24)40(3,38)39)28(36)31-23-14-13-19-9-7-8-12-21(19)23/h7-9,12,18,20,22-26,30H,4-6,10-11,13-17H2,1-3H3,(H,31,36)(H,32,35)/t18-,22+,23-,24-,25+,26-/m1/s1. The summed E-state index contributed by atoms with van der Waals surface area (Å²) in [5, 5.41) is 9.16. The van der Waals surface area contributed by atoms with Crippen molar-refractivity contribution in [2.45, 2.75) is 88.5 Å². The molecule has 0 radical (unpaired) electrons. The van der Waals surface area contributed by atoms with E-state index in [4.69, 9.17) is 0 Å². The molecule has 2 saturated heterocycles. The zero-order valence-electron chi connectivity index (χ0n) is 23.8. The highest BCUT2D eigenvalue weighted by atomic mass is 32.2. The quantitative estimate of drug-likeness (QED) is 0.431. The molecule has 1 aromatic carbocycles. The lowest BCUT2D eigenvalue weighted by Gasteiger charge is -2.36. The fraction of sp³-hybridized carbons (Fsp3) is 0.690. The van der Waals surface area contributed by atoms with E-state index in [0.717, 1.165) is 50.5 Å². The van der Waals surface area contributed by atoms with Crippen LogP contribution >= 0.6 is 0 Å². The molecular weight excluding hydrogens is 530 g/mol. The van der Waals surface area contributed by atoms with E-state index in [9.17, 15) is 22.8 Å². The SMILES string of the molecule is CN[C@H](C)C(=O)N[C@H](C(=O)N1CC[C@@H]2[C@H]1[C@@H](C(=O)N[C@@H]1CCc3ccccc31)CN2S(C)(=O)=O)C1CCCCC1. The normalized spacial score (nSPS) is 28.5. The highest BCUT2D eigenvalue weighted by Crippen LogP contribution is 2.40. The van der Waals surface area contributed by atoms with Crippen molar-refractivity contribution in [2.24, 2.45) is 11.8 Å². The molecule has 40 heavy (non-hydrogen) atoms. The van der Waals surface area contributed by atoms with Gasteiger partial charge in [0.1, 0.15) is 6.04 Å². The van der Waals surface area contributed by atoms with E-state index in [1.807, 2.05) is 18.2 Å². The Hall–Kier alpha value is -2.50. The van der Waals surface area contributed by atoms with Crippen LogP contribution in [0.25, 0.3) is 0 Å². The number of likely N-dealkylation sites (tertiary alicyclic amines) is 1. The van der Waals surface area contributed by atoms with Crippen LogP contribution in [0.3, 0.4) is 0 Å². The van der Waals surface area contributed by atoms with Gasteiger partial charge in [0.05, 0.1) is 30.3 Å². The molecule has 3 amide bonds. The van der Waals surface area contributed by atoms with Crippen LogP contribution in [0, 0.1) is 11.8 Å². The van der Waals surface area contributed by atoms with E-state index in [2.05, 4.69) is 22.0 Å². The van der Waals surface area contributed by atoms with E-state index in [-0.39, 0.29) is 36.2 Å². The van der Waals surface area contributed by atoms with Gasteiger partial charge in [-0.1, -0.05) is 43.5 Å². The van der Waals surface area contributed by atoms with E-state index in [1.165, 1.54) is 16.1 Å². The number of nitrogens with one attached hydrogen (secondary N) is 3. The van der Waals surface area contributed by atoms with Crippen LogP contribution in [0.2, 0.25) is 0 Å². The molecule has 2 aliphatic carbocycles. The van der Waals surface area contributed by atoms with Crippen LogP contribution in [0.1, 0.15) is 69.0 Å². The topological polar surface area (TPSA) is 128 Å². The molecule has 6 atom stereocenters. The minimum Gasteiger partial charge on any atom is -0.349 e. The number of rotatable bonds is 8. The maximum Gasteiger partial charge on any atom is 0.245 e. The highest BCUT2D eigenvalue weighted by molar-refractivity contribution is 7.88. The van der Waals surface area contributed by atoms with Crippen LogP contribution in [0.4, 0.5) is 0 Å². The van der Waals surface area contributed by atoms with E-state index in [1.54, 1.807) is 18.9 Å². The Morgan fingerprint density at radius 3 is 2.45 bits per heavy atom. The summed E-state index contributed by atoms with van der Waals surface area (Å²) in [7, 11) is -1.88. The maximum atomic E-state index is 14.3. The zero-order chi connectivity index (χ0) is 28.6. The van der Waals surface area contributed by atoms with Gasteiger partial charge in [0, 0.05) is 19.1 Å². The molecule has 3 fully saturated rings. The van der Waals surface area contributed by atoms with E-state index < -0.39 is 40.1 Å². The van der Waals surface area contributed by atoms with Crippen LogP contribution in [-0.4, -0.2) is 85.9 Å². The summed E-state index contributed by atoms with van der Waals surface area (Å²) >= 11 is 0. The van der Waals surface area contributed by atoms with Crippen molar-refractivity contribution >= 4 is 27.7 Å². The van der Waals surface area contributed by atoms with Crippen molar-refractivity contribution in [1.29, 1.82) is 0 Å². The van der Waals surface area contributed by atoms with Gasteiger partial charge in [-0.15, -0.1) is 0 Å². The monoisotopic (exact) mass is 573 g/mol. The van der Waals surface area contributed by atoms with Crippen molar-refractivity contribution in [3.63, 3.8) is 0 Å². The Balaban J connectivity index is 1.41. The number of nitrogens with zero attached hydrogens (tertiary/aromatic N) is 2. The van der Waals surface area contributed by atoms with Gasteiger partial charge in [0.2, 0.25) is 27.7 Å². The number of hydrogen-bond acceptors (Lipinski definition) is 6. The molecule has 0 bridgehead atoms. The zero-order valence-corrected chi connectivity index (χ0v) is 24.6. The van der Waals surface area contributed by atoms with Crippen molar-refractivity contribution in [3.8, 4) is 0 Å². The molecule has 0 spiro atoms. The first kappa shape index (κ1) is 29.0. The van der Waals surface area contributed by atoms with E-state index >= 15 is 0 Å². The smallest absolute Gasteiger partial charge is 0.245 e. The minimum atomic E-state index is -3.59. The number of hydrogen-bond donors (Lipinski definition) is 3. The van der Waals surface area contributed by atoms with Gasteiger partial charge in [-0.2, -0.15) is 4.31 Å². The lowest BCUT2D eigenvalue weighted by atomic mass is 9.83. The van der Waals surface area contributed by atoms with Crippen LogP contribution in [0.15, 0.2) is 24.3 Å². The first-order chi connectivity index (χ1) is 19.1. The summed E-state index contributed by atoms with van der Waals surface area (Å²) in [5.41, 5.74) is 2.32. The van der Waals surface area contributed by atoms with Gasteiger partial charge in [0.25, 0.3) is 0 Å². The summed E-state index contributed by atoms with van der Waals surface area (Å²) in [5.74, 6) is -1.32. The number of carbonyl (C=O) groups is 3. The van der Waals surface area contributed by atoms with Gasteiger partial charge >= 0.3 is 0 Å². The Labute approximate surface area is 237 Å². The summed E-state index contributed by atoms with van der Waals surface area (Å²) in [6.07, 6.45) is 8.16. The van der Waals surface area contributed by atoms with Gasteiger partial charge in [0.15, 0.2) is 0 Å². The number of amides is 3. The number of aryl methyl sites for hydroxylation is 1. The molecule has 5 rings (SSSR count). The molecule has 2 heterocycles. The number of carbonyl (C=O) groups excluding carboxylic acids is 3. The molecule has 10 nitrogen and oxygen atoms in total. The van der Waals surface area contributed by atoms with Crippen molar-refractivity contribution in [2.75, 3.05) is 26.4 Å². The molecule has 2 aliphatic heterocycles. The summed E-state index contributed by atoms with van der Waals surface area (Å²) in [4.78, 5) is 42.7. The molecule has 3 N–H and O–H groups in total. The Bertz CT molecular complexity index is 1230. The summed E-state index contributed by atoms with van der Waals surface area (Å²) in [6.45, 7) is 2.17. The van der Waals surface area contributed by atoms with Crippen LogP contribution < -0.4 is 16.0 Å². The fourth-order valence-corrected chi connectivity index (χ4v) is 8.49. The van der Waals surface area contributed by atoms with Gasteiger partial charge < -0.3 is 20.9 Å². The first-order valence-corrected chi connectivity index (χ1v) is 16.6. The second kappa shape index (κ2) is 11.8. The summed E-state index contributed by atoms with van der Waals surface area (Å²) in [6, 6.07) is 5.77. The second-order valence-electron chi connectivity index (χ2n) is 12.0. The van der Waals surface area contributed by atoms with Crippen LogP contribution in [-0.2, 0) is 30.8 Å². The van der Waals surface area contributed by atoms with Gasteiger partial charge in [-0.05, 0) is 63.1 Å². The molecule has 0 aromatic heterocycles. The largest absolute Gasteiger partial charge is 0.349 e. The number of likely N-dealkylation sites (N-methyl/N-ethyl adjacent to an activating group) is 1. The minimum absolute atomic E-state index is 0.0167. The number of sulfonamides is 1. The predicted octanol–water partition coefficient (Wildman–Crippen LogP) is 1.32. The maximum absolute atomic E-state index is 14.3. The third kappa shape index (κ3) is 5.65.